The number of nitrogens with zero attached hydrogens (tertiary/aromatic N) is 3. The second kappa shape index (κ2) is 8.59. The maximum absolute atomic E-state index is 12.4. The molecule has 2 aromatic heterocycles. The number of hydrogen-bond acceptors (Lipinski definition) is 4. The normalized spacial score (nSPS) is 9.96. The summed E-state index contributed by atoms with van der Waals surface area (Å²) in [7, 11) is 0. The number of anilines is 1. The van der Waals surface area contributed by atoms with Gasteiger partial charge in [-0.2, -0.15) is 5.10 Å². The summed E-state index contributed by atoms with van der Waals surface area (Å²) in [5, 5.41) is 6.90. The van der Waals surface area contributed by atoms with Crippen molar-refractivity contribution in [3.8, 4) is 11.8 Å². The van der Waals surface area contributed by atoms with Gasteiger partial charge < -0.3 is 5.32 Å². The Kier molecular flexibility index (Phi) is 5.75. The highest BCUT2D eigenvalue weighted by Gasteiger charge is 2.10. The average molecular weight is 358 g/mol. The van der Waals surface area contributed by atoms with Crippen LogP contribution < -0.4 is 10.9 Å². The Hall–Kier alpha value is -3.72. The van der Waals surface area contributed by atoms with Gasteiger partial charge in [0.25, 0.3) is 11.5 Å². The largest absolute Gasteiger partial charge is 0.321 e. The molecule has 0 saturated carbocycles. The van der Waals surface area contributed by atoms with E-state index in [0.717, 1.165) is 12.0 Å². The number of rotatable bonds is 4. The van der Waals surface area contributed by atoms with Crippen molar-refractivity contribution >= 4 is 11.6 Å². The third-order valence-corrected chi connectivity index (χ3v) is 3.65. The first-order valence-corrected chi connectivity index (χ1v) is 8.58. The fraction of sp³-hybridized carbons (Fsp3) is 0.143. The number of carbonyl (C=O) groups excluding carboxylic acids is 1. The van der Waals surface area contributed by atoms with Gasteiger partial charge >= 0.3 is 0 Å². The third-order valence-electron chi connectivity index (χ3n) is 3.65. The Bertz CT molecular complexity index is 1060. The molecule has 2 heterocycles. The number of aryl methyl sites for hydroxylation is 1. The van der Waals surface area contributed by atoms with Crippen molar-refractivity contribution in [2.24, 2.45) is 0 Å². The topological polar surface area (TPSA) is 76.9 Å². The number of benzene rings is 1. The summed E-state index contributed by atoms with van der Waals surface area (Å²) in [6, 6.07) is 15.5. The van der Waals surface area contributed by atoms with E-state index in [2.05, 4.69) is 27.2 Å². The van der Waals surface area contributed by atoms with Crippen molar-refractivity contribution in [2.45, 2.75) is 19.9 Å². The van der Waals surface area contributed by atoms with E-state index >= 15 is 0 Å². The van der Waals surface area contributed by atoms with E-state index < -0.39 is 0 Å². The zero-order valence-electron chi connectivity index (χ0n) is 14.8. The van der Waals surface area contributed by atoms with Crippen LogP contribution in [0.5, 0.6) is 0 Å². The first-order valence-electron chi connectivity index (χ1n) is 8.58. The molecule has 0 aliphatic rings. The highest BCUT2D eigenvalue weighted by atomic mass is 16.2. The maximum Gasteiger partial charge on any atom is 0.276 e. The summed E-state index contributed by atoms with van der Waals surface area (Å²) in [5.74, 6) is 5.62. The summed E-state index contributed by atoms with van der Waals surface area (Å²) in [6.07, 6.45) is 2.45. The summed E-state index contributed by atoms with van der Waals surface area (Å²) in [4.78, 5) is 28.3. The molecule has 6 nitrogen and oxygen atoms in total. The molecule has 134 valence electrons. The van der Waals surface area contributed by atoms with Crippen LogP contribution in [0, 0.1) is 11.8 Å². The van der Waals surface area contributed by atoms with E-state index in [9.17, 15) is 9.59 Å². The Balaban J connectivity index is 1.76. The first-order chi connectivity index (χ1) is 13.2. The molecule has 1 N–H and O–H groups in total. The quantitative estimate of drug-likeness (QED) is 0.728. The van der Waals surface area contributed by atoms with Crippen LogP contribution in [0.1, 0.15) is 35.1 Å². The lowest BCUT2D eigenvalue weighted by molar-refractivity contribution is 0.102. The van der Waals surface area contributed by atoms with Crippen molar-refractivity contribution in [3.63, 3.8) is 0 Å². The minimum atomic E-state index is -0.380. The minimum absolute atomic E-state index is 0.188. The number of pyridine rings is 1. The van der Waals surface area contributed by atoms with Crippen LogP contribution >= 0.6 is 0 Å². The van der Waals surface area contributed by atoms with Crippen LogP contribution in [0.2, 0.25) is 0 Å². The Labute approximate surface area is 156 Å². The fourth-order valence-corrected chi connectivity index (χ4v) is 2.38. The maximum atomic E-state index is 12.4. The molecule has 0 atom stereocenters. The molecular weight excluding hydrogens is 340 g/mol. The molecule has 27 heavy (non-hydrogen) atoms. The molecule has 1 aromatic carbocycles. The molecule has 6 heteroatoms. The Morgan fingerprint density at radius 2 is 2.00 bits per heavy atom. The van der Waals surface area contributed by atoms with Crippen LogP contribution in [0.25, 0.3) is 0 Å². The van der Waals surface area contributed by atoms with Gasteiger partial charge in [-0.25, -0.2) is 9.67 Å². The molecule has 0 fully saturated rings. The molecule has 0 saturated heterocycles. The van der Waals surface area contributed by atoms with Gasteiger partial charge in [-0.15, -0.1) is 0 Å². The lowest BCUT2D eigenvalue weighted by atomic mass is 10.2. The lowest BCUT2D eigenvalue weighted by Crippen LogP contribution is -2.26. The molecule has 0 bridgehead atoms. The molecule has 1 amide bonds. The van der Waals surface area contributed by atoms with E-state index in [4.69, 9.17) is 0 Å². The molecule has 3 aromatic rings. The third kappa shape index (κ3) is 4.89. The van der Waals surface area contributed by atoms with E-state index in [1.54, 1.807) is 18.3 Å². The number of aromatic nitrogens is 3. The molecule has 3 rings (SSSR count). The smallest absolute Gasteiger partial charge is 0.276 e. The fourth-order valence-electron chi connectivity index (χ4n) is 2.38. The number of nitrogens with one attached hydrogen (secondary N) is 1. The number of carbonyl (C=O) groups is 1. The zero-order chi connectivity index (χ0) is 19.1. The van der Waals surface area contributed by atoms with Gasteiger partial charge in [-0.05, 0) is 48.7 Å². The van der Waals surface area contributed by atoms with Crippen molar-refractivity contribution in [3.05, 3.63) is 88.1 Å². The summed E-state index contributed by atoms with van der Waals surface area (Å²) in [6.45, 7) is 2.41. The van der Waals surface area contributed by atoms with Gasteiger partial charge in [0.05, 0.1) is 0 Å². The summed E-state index contributed by atoms with van der Waals surface area (Å²) in [5.41, 5.74) is 1.99. The van der Waals surface area contributed by atoms with Gasteiger partial charge in [0.1, 0.15) is 11.4 Å². The van der Waals surface area contributed by atoms with Gasteiger partial charge in [-0.3, -0.25) is 9.59 Å². The van der Waals surface area contributed by atoms with Crippen LogP contribution in [0.3, 0.4) is 0 Å². The number of hydrogen-bond donors (Lipinski definition) is 1. The SMILES string of the molecule is CCCn1nc(C(=O)Nc2cccc(C#Cc3ccccn3)c2)ccc1=O. The molecular formula is C21H18N4O2. The molecule has 0 aliphatic heterocycles. The van der Waals surface area contributed by atoms with Crippen LogP contribution in [0.4, 0.5) is 5.69 Å². The van der Waals surface area contributed by atoms with Crippen molar-refractivity contribution in [2.75, 3.05) is 5.32 Å². The predicted octanol–water partition coefficient (Wildman–Crippen LogP) is 2.70. The van der Waals surface area contributed by atoms with Crippen LogP contribution in [-0.2, 0) is 6.54 Å². The summed E-state index contributed by atoms with van der Waals surface area (Å²) >= 11 is 0. The van der Waals surface area contributed by atoms with Crippen molar-refractivity contribution in [1.29, 1.82) is 0 Å². The molecule has 0 radical (unpaired) electrons. The van der Waals surface area contributed by atoms with E-state index in [0.29, 0.717) is 17.9 Å². The van der Waals surface area contributed by atoms with Crippen molar-refractivity contribution < 1.29 is 4.79 Å². The molecule has 0 unspecified atom stereocenters. The van der Waals surface area contributed by atoms with Gasteiger partial charge in [0.2, 0.25) is 0 Å². The second-order valence-corrected chi connectivity index (χ2v) is 5.78. The minimum Gasteiger partial charge on any atom is -0.321 e. The van der Waals surface area contributed by atoms with E-state index in [-0.39, 0.29) is 17.2 Å². The average Bonchev–Trinajstić information content (AvgIpc) is 2.69. The van der Waals surface area contributed by atoms with E-state index in [1.165, 1.54) is 16.8 Å². The van der Waals surface area contributed by atoms with Gasteiger partial charge in [0.15, 0.2) is 0 Å². The van der Waals surface area contributed by atoms with Gasteiger partial charge in [-0.1, -0.05) is 25.0 Å². The first kappa shape index (κ1) is 18.1. The van der Waals surface area contributed by atoms with Crippen molar-refractivity contribution in [1.82, 2.24) is 14.8 Å². The monoisotopic (exact) mass is 358 g/mol. The lowest BCUT2D eigenvalue weighted by Gasteiger charge is -2.07. The standard InChI is InChI=1S/C21H18N4O2/c1-2-14-25-20(26)12-11-19(24-25)21(27)23-18-8-5-6-16(15-18)9-10-17-7-3-4-13-22-17/h3-8,11-13,15H,2,14H2,1H3,(H,23,27). The van der Waals surface area contributed by atoms with Gasteiger partial charge in [0, 0.05) is 30.1 Å². The Morgan fingerprint density at radius 1 is 1.11 bits per heavy atom. The van der Waals surface area contributed by atoms with E-state index in [1.807, 2.05) is 37.3 Å². The predicted molar refractivity (Wildman–Crippen MR) is 103 cm³/mol. The number of amides is 1. The molecule has 0 aliphatic carbocycles. The highest BCUT2D eigenvalue weighted by Crippen LogP contribution is 2.11. The van der Waals surface area contributed by atoms with Crippen LogP contribution in [-0.4, -0.2) is 20.7 Å². The van der Waals surface area contributed by atoms with Crippen LogP contribution in [0.15, 0.2) is 65.6 Å². The highest BCUT2D eigenvalue weighted by molar-refractivity contribution is 6.02. The second-order valence-electron chi connectivity index (χ2n) is 5.78. The molecule has 0 spiro atoms. The Morgan fingerprint density at radius 3 is 2.78 bits per heavy atom. The zero-order valence-corrected chi connectivity index (χ0v) is 14.8. The summed E-state index contributed by atoms with van der Waals surface area (Å²) < 4.78 is 1.30.